The Hall–Kier alpha value is -2.51. The predicted octanol–water partition coefficient (Wildman–Crippen LogP) is 2.64. The predicted molar refractivity (Wildman–Crippen MR) is 85.6 cm³/mol. The summed E-state index contributed by atoms with van der Waals surface area (Å²) in [5.74, 6) is -3.60. The normalized spacial score (nSPS) is 10.6. The van der Waals surface area contributed by atoms with Gasteiger partial charge in [-0.25, -0.2) is 9.59 Å². The van der Waals surface area contributed by atoms with E-state index in [2.05, 4.69) is 0 Å². The number of carboxylic acids is 2. The summed E-state index contributed by atoms with van der Waals surface area (Å²) >= 11 is 12.1. The van der Waals surface area contributed by atoms with Crippen molar-refractivity contribution in [3.8, 4) is 11.1 Å². The van der Waals surface area contributed by atoms with E-state index in [0.717, 1.165) is 0 Å². The third kappa shape index (κ3) is 2.88. The second kappa shape index (κ2) is 5.94. The number of benzene rings is 1. The third-order valence-electron chi connectivity index (χ3n) is 3.16. The molecule has 1 aromatic heterocycles. The second-order valence-electron chi connectivity index (χ2n) is 4.69. The van der Waals surface area contributed by atoms with Gasteiger partial charge in [-0.15, -0.1) is 0 Å². The molecule has 9 heteroatoms. The Labute approximate surface area is 139 Å². The molecule has 0 saturated heterocycles. The van der Waals surface area contributed by atoms with Crippen LogP contribution in [0.25, 0.3) is 11.1 Å². The number of hydrogen-bond acceptors (Lipinski definition) is 4. The van der Waals surface area contributed by atoms with E-state index in [9.17, 15) is 24.6 Å². The van der Waals surface area contributed by atoms with Crippen LogP contribution < -0.4 is 11.3 Å². The van der Waals surface area contributed by atoms with E-state index in [1.807, 2.05) is 4.98 Å². The maximum Gasteiger partial charge on any atom is 0.342 e. The number of nitrogen functional groups attached to an aromatic ring is 1. The molecule has 2 rings (SSSR count). The van der Waals surface area contributed by atoms with E-state index in [1.54, 1.807) is 6.92 Å². The fourth-order valence-electron chi connectivity index (χ4n) is 2.22. The van der Waals surface area contributed by atoms with Crippen LogP contribution in [0.4, 0.5) is 5.82 Å². The molecule has 0 aliphatic carbocycles. The van der Waals surface area contributed by atoms with Crippen LogP contribution in [0.3, 0.4) is 0 Å². The number of H-pyrrole nitrogens is 1. The quantitative estimate of drug-likeness (QED) is 0.667. The van der Waals surface area contributed by atoms with Crippen LogP contribution in [0.2, 0.25) is 10.0 Å². The summed E-state index contributed by atoms with van der Waals surface area (Å²) in [5.41, 5.74) is 3.27. The highest BCUT2D eigenvalue weighted by Crippen LogP contribution is 2.37. The van der Waals surface area contributed by atoms with Gasteiger partial charge in [-0.3, -0.25) is 4.79 Å². The maximum absolute atomic E-state index is 11.9. The summed E-state index contributed by atoms with van der Waals surface area (Å²) in [6.45, 7) is 1.61. The van der Waals surface area contributed by atoms with Gasteiger partial charge < -0.3 is 20.9 Å². The van der Waals surface area contributed by atoms with Crippen molar-refractivity contribution < 1.29 is 19.8 Å². The monoisotopic (exact) mass is 356 g/mol. The molecule has 0 aliphatic rings. The third-order valence-corrected chi connectivity index (χ3v) is 3.88. The fraction of sp³-hybridized carbons (Fsp3) is 0.0714. The number of aromatic nitrogens is 1. The van der Waals surface area contributed by atoms with Crippen molar-refractivity contribution in [3.05, 3.63) is 49.2 Å². The number of carboxylic acid groups (broad SMARTS) is 2. The van der Waals surface area contributed by atoms with Crippen LogP contribution in [0, 0.1) is 6.92 Å². The van der Waals surface area contributed by atoms with Gasteiger partial charge in [0.1, 0.15) is 16.9 Å². The molecule has 2 aromatic rings. The van der Waals surface area contributed by atoms with Crippen molar-refractivity contribution in [2.75, 3.05) is 5.73 Å². The van der Waals surface area contributed by atoms with Gasteiger partial charge in [-0.05, 0) is 24.6 Å². The van der Waals surface area contributed by atoms with Gasteiger partial charge in [0.25, 0.3) is 5.56 Å². The Morgan fingerprint density at radius 1 is 1.13 bits per heavy atom. The van der Waals surface area contributed by atoms with Gasteiger partial charge in [-0.2, -0.15) is 0 Å². The molecular weight excluding hydrogens is 347 g/mol. The smallest absolute Gasteiger partial charge is 0.342 e. The molecule has 0 atom stereocenters. The van der Waals surface area contributed by atoms with E-state index < -0.39 is 34.4 Å². The first-order valence-corrected chi connectivity index (χ1v) is 6.89. The molecule has 1 heterocycles. The Bertz CT molecular complexity index is 905. The van der Waals surface area contributed by atoms with Crippen molar-refractivity contribution in [3.63, 3.8) is 0 Å². The Balaban J connectivity index is 3.10. The highest BCUT2D eigenvalue weighted by Gasteiger charge is 2.28. The second-order valence-corrected chi connectivity index (χ2v) is 5.50. The lowest BCUT2D eigenvalue weighted by Crippen LogP contribution is -2.24. The summed E-state index contributed by atoms with van der Waals surface area (Å²) in [6, 6.07) is 2.80. The van der Waals surface area contributed by atoms with Crippen LogP contribution in [0.15, 0.2) is 16.9 Å². The first-order chi connectivity index (χ1) is 10.6. The minimum absolute atomic E-state index is 0.00395. The Morgan fingerprint density at radius 2 is 1.70 bits per heavy atom. The van der Waals surface area contributed by atoms with Crippen LogP contribution in [-0.4, -0.2) is 27.1 Å². The average molecular weight is 357 g/mol. The molecule has 7 nitrogen and oxygen atoms in total. The number of pyridine rings is 1. The summed E-state index contributed by atoms with van der Waals surface area (Å²) < 4.78 is 0. The Morgan fingerprint density at radius 3 is 2.22 bits per heavy atom. The summed E-state index contributed by atoms with van der Waals surface area (Å²) in [7, 11) is 0. The lowest BCUT2D eigenvalue weighted by atomic mass is 9.94. The summed E-state index contributed by atoms with van der Waals surface area (Å²) in [6.07, 6.45) is 0. The van der Waals surface area contributed by atoms with Gasteiger partial charge in [0.05, 0.1) is 5.02 Å². The van der Waals surface area contributed by atoms with E-state index in [-0.39, 0.29) is 21.2 Å². The van der Waals surface area contributed by atoms with Crippen LogP contribution in [0.1, 0.15) is 26.3 Å². The van der Waals surface area contributed by atoms with Crippen molar-refractivity contribution in [2.24, 2.45) is 0 Å². The highest BCUT2D eigenvalue weighted by atomic mass is 35.5. The summed E-state index contributed by atoms with van der Waals surface area (Å²) in [4.78, 5) is 36.9. The van der Waals surface area contributed by atoms with E-state index in [0.29, 0.717) is 5.56 Å². The molecule has 0 radical (unpaired) electrons. The number of aryl methyl sites for hydroxylation is 1. The van der Waals surface area contributed by atoms with Crippen molar-refractivity contribution in [1.82, 2.24) is 4.98 Å². The van der Waals surface area contributed by atoms with Gasteiger partial charge in [0, 0.05) is 16.1 Å². The molecule has 0 amide bonds. The van der Waals surface area contributed by atoms with Gasteiger partial charge in [0.15, 0.2) is 0 Å². The number of hydrogen-bond donors (Lipinski definition) is 4. The number of nitrogens with two attached hydrogens (primary N) is 1. The molecule has 120 valence electrons. The lowest BCUT2D eigenvalue weighted by Gasteiger charge is -2.14. The molecule has 0 saturated carbocycles. The van der Waals surface area contributed by atoms with Crippen molar-refractivity contribution >= 4 is 41.0 Å². The zero-order valence-corrected chi connectivity index (χ0v) is 13.1. The summed E-state index contributed by atoms with van der Waals surface area (Å²) in [5, 5.41) is 18.9. The molecule has 0 fully saturated rings. The van der Waals surface area contributed by atoms with Gasteiger partial charge >= 0.3 is 11.9 Å². The zero-order chi connectivity index (χ0) is 17.5. The minimum atomic E-state index is -1.61. The number of rotatable bonds is 3. The first kappa shape index (κ1) is 16.9. The SMILES string of the molecule is Cc1cc(Cl)cc(-c2c(C(=O)O)c(N)[nH]c(=O)c2C(=O)O)c1Cl. The zero-order valence-electron chi connectivity index (χ0n) is 11.6. The first-order valence-electron chi connectivity index (χ1n) is 6.13. The van der Waals surface area contributed by atoms with Crippen LogP contribution >= 0.6 is 23.2 Å². The number of nitrogens with one attached hydrogen (secondary N) is 1. The molecule has 0 aliphatic heterocycles. The van der Waals surface area contributed by atoms with Crippen molar-refractivity contribution in [2.45, 2.75) is 6.92 Å². The van der Waals surface area contributed by atoms with Crippen LogP contribution in [-0.2, 0) is 0 Å². The number of aromatic carboxylic acids is 2. The molecule has 0 bridgehead atoms. The number of aromatic amines is 1. The molecule has 0 unspecified atom stereocenters. The minimum Gasteiger partial charge on any atom is -0.478 e. The lowest BCUT2D eigenvalue weighted by molar-refractivity contribution is 0.0695. The highest BCUT2D eigenvalue weighted by molar-refractivity contribution is 6.36. The number of carbonyl (C=O) groups is 2. The van der Waals surface area contributed by atoms with E-state index in [4.69, 9.17) is 28.9 Å². The largest absolute Gasteiger partial charge is 0.478 e. The molecule has 1 aromatic carbocycles. The van der Waals surface area contributed by atoms with Gasteiger partial charge in [-0.1, -0.05) is 23.2 Å². The van der Waals surface area contributed by atoms with Gasteiger partial charge in [0.2, 0.25) is 0 Å². The number of halogens is 2. The Kier molecular flexibility index (Phi) is 4.35. The molecule has 5 N–H and O–H groups in total. The fourth-order valence-corrected chi connectivity index (χ4v) is 2.70. The topological polar surface area (TPSA) is 133 Å². The van der Waals surface area contributed by atoms with E-state index >= 15 is 0 Å². The number of anilines is 1. The van der Waals surface area contributed by atoms with Crippen molar-refractivity contribution in [1.29, 1.82) is 0 Å². The maximum atomic E-state index is 11.9. The average Bonchev–Trinajstić information content (AvgIpc) is 2.40. The van der Waals surface area contributed by atoms with E-state index in [1.165, 1.54) is 12.1 Å². The molecule has 0 spiro atoms. The standard InChI is InChI=1S/C14H10Cl2N2O5/c1-4-2-5(15)3-6(10(4)16)7-8(13(20)21)11(17)18-12(19)9(7)14(22)23/h2-3H,1H3,(H,20,21)(H,22,23)(H3,17,18,19). The molecular formula is C14H10Cl2N2O5. The molecule has 23 heavy (non-hydrogen) atoms. The van der Waals surface area contributed by atoms with Crippen LogP contribution in [0.5, 0.6) is 0 Å².